The van der Waals surface area contributed by atoms with E-state index >= 15 is 0 Å². The maximum Gasteiger partial charge on any atom is 0.252 e. The van der Waals surface area contributed by atoms with Crippen molar-refractivity contribution in [1.29, 1.82) is 0 Å². The Morgan fingerprint density at radius 2 is 2.20 bits per heavy atom. The summed E-state index contributed by atoms with van der Waals surface area (Å²) in [5.74, 6) is -0.0612. The van der Waals surface area contributed by atoms with E-state index < -0.39 is 0 Å². The lowest BCUT2D eigenvalue weighted by Crippen LogP contribution is -2.36. The summed E-state index contributed by atoms with van der Waals surface area (Å²) < 4.78 is 1.83. The molecule has 6 heteroatoms. The van der Waals surface area contributed by atoms with Gasteiger partial charge in [0, 0.05) is 24.7 Å². The second kappa shape index (κ2) is 6.64. The molecule has 0 spiro atoms. The molecule has 0 unspecified atom stereocenters. The molecule has 1 aliphatic heterocycles. The second-order valence-electron chi connectivity index (χ2n) is 6.28. The molecule has 1 aliphatic rings. The summed E-state index contributed by atoms with van der Waals surface area (Å²) in [5, 5.41) is 11.6. The van der Waals surface area contributed by atoms with Crippen LogP contribution in [-0.2, 0) is 6.54 Å². The van der Waals surface area contributed by atoms with Crippen molar-refractivity contribution in [3.8, 4) is 11.3 Å². The number of pyridine rings is 1. The predicted molar refractivity (Wildman–Crippen MR) is 97.4 cm³/mol. The minimum Gasteiger partial charge on any atom is -0.348 e. The van der Waals surface area contributed by atoms with Crippen LogP contribution in [0.2, 0.25) is 0 Å². The van der Waals surface area contributed by atoms with E-state index in [-0.39, 0.29) is 11.9 Å². The van der Waals surface area contributed by atoms with Crippen LogP contribution >= 0.6 is 0 Å². The van der Waals surface area contributed by atoms with E-state index in [1.54, 1.807) is 6.20 Å². The van der Waals surface area contributed by atoms with Gasteiger partial charge in [0.05, 0.1) is 22.8 Å². The van der Waals surface area contributed by atoms with Gasteiger partial charge in [-0.15, -0.1) is 0 Å². The summed E-state index contributed by atoms with van der Waals surface area (Å²) in [5.41, 5.74) is 3.16. The molecule has 2 N–H and O–H groups in total. The van der Waals surface area contributed by atoms with Gasteiger partial charge in [-0.05, 0) is 26.0 Å². The molecule has 1 aromatic carbocycles. The highest BCUT2D eigenvalue weighted by Crippen LogP contribution is 2.25. The average molecular weight is 335 g/mol. The van der Waals surface area contributed by atoms with Crippen LogP contribution in [-0.4, -0.2) is 39.8 Å². The van der Waals surface area contributed by atoms with Crippen LogP contribution in [0.1, 0.15) is 23.7 Å². The minimum absolute atomic E-state index is 0.0612. The van der Waals surface area contributed by atoms with Crippen molar-refractivity contribution in [3.05, 3.63) is 48.2 Å². The fourth-order valence-corrected chi connectivity index (χ4v) is 3.26. The van der Waals surface area contributed by atoms with Crippen LogP contribution in [0.5, 0.6) is 0 Å². The van der Waals surface area contributed by atoms with Gasteiger partial charge in [0.2, 0.25) is 0 Å². The summed E-state index contributed by atoms with van der Waals surface area (Å²) in [6.07, 6.45) is 2.70. The van der Waals surface area contributed by atoms with Crippen molar-refractivity contribution >= 4 is 16.9 Å². The number of fused-ring (bicyclic) bond motifs is 1. The molecule has 25 heavy (non-hydrogen) atoms. The first-order valence-electron chi connectivity index (χ1n) is 8.70. The van der Waals surface area contributed by atoms with Crippen LogP contribution in [0.4, 0.5) is 0 Å². The van der Waals surface area contributed by atoms with Gasteiger partial charge in [0.25, 0.3) is 5.91 Å². The molecule has 0 bridgehead atoms. The van der Waals surface area contributed by atoms with Gasteiger partial charge in [0.1, 0.15) is 0 Å². The summed E-state index contributed by atoms with van der Waals surface area (Å²) >= 11 is 0. The van der Waals surface area contributed by atoms with Gasteiger partial charge < -0.3 is 10.6 Å². The maximum absolute atomic E-state index is 12.9. The molecule has 1 atom stereocenters. The number of carbonyl (C=O) groups is 1. The van der Waals surface area contributed by atoms with E-state index in [9.17, 15) is 4.79 Å². The number of amides is 1. The second-order valence-corrected chi connectivity index (χ2v) is 6.28. The zero-order valence-corrected chi connectivity index (χ0v) is 14.2. The van der Waals surface area contributed by atoms with Crippen molar-refractivity contribution in [2.24, 2.45) is 0 Å². The van der Waals surface area contributed by atoms with Crippen LogP contribution in [0.15, 0.2) is 42.6 Å². The third-order valence-corrected chi connectivity index (χ3v) is 4.62. The number of aryl methyl sites for hydroxylation is 1. The normalized spacial score (nSPS) is 17.1. The fraction of sp³-hybridized carbons (Fsp3) is 0.316. The summed E-state index contributed by atoms with van der Waals surface area (Å²) in [7, 11) is 0. The highest BCUT2D eigenvalue weighted by Gasteiger charge is 2.21. The minimum atomic E-state index is -0.0612. The lowest BCUT2D eigenvalue weighted by atomic mass is 10.1. The molecule has 1 fully saturated rings. The average Bonchev–Trinajstić information content (AvgIpc) is 3.30. The SMILES string of the molecule is CCn1ncc2c(C(=O)N[C@@H]3CCNC3)cc(-c3ccccc3)nc21. The van der Waals surface area contributed by atoms with E-state index in [1.807, 2.05) is 48.0 Å². The first-order valence-corrected chi connectivity index (χ1v) is 8.70. The van der Waals surface area contributed by atoms with Crippen molar-refractivity contribution in [3.63, 3.8) is 0 Å². The summed E-state index contributed by atoms with van der Waals surface area (Å²) in [6, 6.07) is 12.0. The molecular formula is C19H21N5O. The van der Waals surface area contributed by atoms with Crippen LogP contribution in [0.25, 0.3) is 22.3 Å². The standard InChI is InChI=1S/C19H21N5O/c1-2-24-18-16(12-21-24)15(19(25)22-14-8-9-20-11-14)10-17(23-18)13-6-4-3-5-7-13/h3-7,10,12,14,20H,2,8-9,11H2,1H3,(H,22,25)/t14-/m1/s1. The van der Waals surface area contributed by atoms with Gasteiger partial charge in [-0.25, -0.2) is 9.67 Å². The Balaban J connectivity index is 1.81. The highest BCUT2D eigenvalue weighted by molar-refractivity contribution is 6.06. The molecule has 0 aliphatic carbocycles. The van der Waals surface area contributed by atoms with Crippen LogP contribution in [0, 0.1) is 0 Å². The Bertz CT molecular complexity index is 897. The van der Waals surface area contributed by atoms with Crippen molar-refractivity contribution in [1.82, 2.24) is 25.4 Å². The Morgan fingerprint density at radius 3 is 2.92 bits per heavy atom. The first-order chi connectivity index (χ1) is 12.3. The zero-order valence-electron chi connectivity index (χ0n) is 14.2. The third-order valence-electron chi connectivity index (χ3n) is 4.62. The Morgan fingerprint density at radius 1 is 1.36 bits per heavy atom. The largest absolute Gasteiger partial charge is 0.348 e. The number of rotatable bonds is 4. The van der Waals surface area contributed by atoms with Crippen molar-refractivity contribution in [2.45, 2.75) is 25.9 Å². The van der Waals surface area contributed by atoms with Crippen LogP contribution in [0.3, 0.4) is 0 Å². The summed E-state index contributed by atoms with van der Waals surface area (Å²) in [6.45, 7) is 4.50. The fourth-order valence-electron chi connectivity index (χ4n) is 3.26. The van der Waals surface area contributed by atoms with Crippen molar-refractivity contribution < 1.29 is 4.79 Å². The predicted octanol–water partition coefficient (Wildman–Crippen LogP) is 2.21. The van der Waals surface area contributed by atoms with Gasteiger partial charge >= 0.3 is 0 Å². The van der Waals surface area contributed by atoms with Gasteiger partial charge in [-0.2, -0.15) is 5.10 Å². The first kappa shape index (κ1) is 15.8. The molecule has 3 aromatic rings. The number of nitrogens with one attached hydrogen (secondary N) is 2. The lowest BCUT2D eigenvalue weighted by Gasteiger charge is -2.13. The Hall–Kier alpha value is -2.73. The van der Waals surface area contributed by atoms with Crippen LogP contribution < -0.4 is 10.6 Å². The Kier molecular flexibility index (Phi) is 4.19. The summed E-state index contributed by atoms with van der Waals surface area (Å²) in [4.78, 5) is 17.7. The van der Waals surface area contributed by atoms with E-state index in [1.165, 1.54) is 0 Å². The molecule has 2 aromatic heterocycles. The topological polar surface area (TPSA) is 71.8 Å². The van der Waals surface area contributed by atoms with E-state index in [2.05, 4.69) is 15.7 Å². The molecular weight excluding hydrogens is 314 g/mol. The molecule has 1 amide bonds. The molecule has 0 saturated carbocycles. The zero-order chi connectivity index (χ0) is 17.2. The number of aromatic nitrogens is 3. The number of benzene rings is 1. The lowest BCUT2D eigenvalue weighted by molar-refractivity contribution is 0.0941. The molecule has 4 rings (SSSR count). The quantitative estimate of drug-likeness (QED) is 0.767. The highest BCUT2D eigenvalue weighted by atomic mass is 16.1. The maximum atomic E-state index is 12.9. The number of hydrogen-bond acceptors (Lipinski definition) is 4. The van der Waals surface area contributed by atoms with E-state index in [0.29, 0.717) is 12.1 Å². The third kappa shape index (κ3) is 3.00. The monoisotopic (exact) mass is 335 g/mol. The Labute approximate surface area is 146 Å². The van der Waals surface area contributed by atoms with E-state index in [0.717, 1.165) is 41.8 Å². The number of nitrogens with zero attached hydrogens (tertiary/aromatic N) is 3. The van der Waals surface area contributed by atoms with Gasteiger partial charge in [-0.3, -0.25) is 4.79 Å². The molecule has 1 saturated heterocycles. The van der Waals surface area contributed by atoms with Gasteiger partial charge in [0.15, 0.2) is 5.65 Å². The number of carbonyl (C=O) groups excluding carboxylic acids is 1. The smallest absolute Gasteiger partial charge is 0.252 e. The molecule has 3 heterocycles. The van der Waals surface area contributed by atoms with Crippen molar-refractivity contribution in [2.75, 3.05) is 13.1 Å². The van der Waals surface area contributed by atoms with E-state index in [4.69, 9.17) is 4.98 Å². The number of hydrogen-bond donors (Lipinski definition) is 2. The molecule has 0 radical (unpaired) electrons. The molecule has 6 nitrogen and oxygen atoms in total. The molecule has 128 valence electrons. The van der Waals surface area contributed by atoms with Gasteiger partial charge in [-0.1, -0.05) is 30.3 Å².